The number of hydrogen-bond acceptors (Lipinski definition) is 2. The third kappa shape index (κ3) is 4.54. The predicted octanol–water partition coefficient (Wildman–Crippen LogP) is 4.09. The van der Waals surface area contributed by atoms with E-state index in [1.165, 1.54) is 5.56 Å². The molecule has 0 radical (unpaired) electrons. The zero-order valence-corrected chi connectivity index (χ0v) is 14.1. The summed E-state index contributed by atoms with van der Waals surface area (Å²) in [6.07, 6.45) is 0.584. The highest BCUT2D eigenvalue weighted by molar-refractivity contribution is 5.94. The number of ether oxygens (including phenoxy) is 1. The summed E-state index contributed by atoms with van der Waals surface area (Å²) in [5.41, 5.74) is 3.23. The molecule has 0 aliphatic rings. The molecule has 0 saturated heterocycles. The van der Waals surface area contributed by atoms with Gasteiger partial charge in [0.1, 0.15) is 17.4 Å². The Morgan fingerprint density at radius 2 is 1.88 bits per heavy atom. The first-order chi connectivity index (χ1) is 11.4. The topological polar surface area (TPSA) is 38.3 Å². The standard InChI is InChI=1S/C19H21F2NO2/c1-12-9-13(2)14(3)18(10-12)24-8-4-7-22-19(23)16-6-5-15(20)11-17(16)21/h5-6,9-11H,4,7-8H2,1-3H3,(H,22,23). The average Bonchev–Trinajstić information content (AvgIpc) is 2.51. The summed E-state index contributed by atoms with van der Waals surface area (Å²) in [6.45, 7) is 6.84. The van der Waals surface area contributed by atoms with Gasteiger partial charge in [0.05, 0.1) is 12.2 Å². The second kappa shape index (κ2) is 7.90. The van der Waals surface area contributed by atoms with Crippen LogP contribution in [-0.4, -0.2) is 19.1 Å². The van der Waals surface area contributed by atoms with Crippen LogP contribution in [0.4, 0.5) is 8.78 Å². The smallest absolute Gasteiger partial charge is 0.254 e. The summed E-state index contributed by atoms with van der Waals surface area (Å²) in [4.78, 5) is 11.8. The van der Waals surface area contributed by atoms with Crippen molar-refractivity contribution in [3.8, 4) is 5.75 Å². The second-order valence-corrected chi connectivity index (χ2v) is 5.79. The molecule has 0 unspecified atom stereocenters. The Hall–Kier alpha value is -2.43. The fourth-order valence-corrected chi connectivity index (χ4v) is 2.38. The molecule has 1 amide bonds. The van der Waals surface area contributed by atoms with E-state index in [2.05, 4.69) is 11.4 Å². The highest BCUT2D eigenvalue weighted by Gasteiger charge is 2.11. The lowest BCUT2D eigenvalue weighted by Gasteiger charge is -2.12. The number of amides is 1. The SMILES string of the molecule is Cc1cc(C)c(C)c(OCCCNC(=O)c2ccc(F)cc2F)c1. The summed E-state index contributed by atoms with van der Waals surface area (Å²) in [6, 6.07) is 6.97. The third-order valence-electron chi connectivity index (χ3n) is 3.80. The van der Waals surface area contributed by atoms with Crippen LogP contribution in [0.15, 0.2) is 30.3 Å². The minimum atomic E-state index is -0.866. The first kappa shape index (κ1) is 17.9. The van der Waals surface area contributed by atoms with Gasteiger partial charge >= 0.3 is 0 Å². The maximum atomic E-state index is 13.5. The van der Waals surface area contributed by atoms with Gasteiger partial charge in [0, 0.05) is 12.6 Å². The summed E-state index contributed by atoms with van der Waals surface area (Å²) in [7, 11) is 0. The molecular weight excluding hydrogens is 312 g/mol. The summed E-state index contributed by atoms with van der Waals surface area (Å²) < 4.78 is 32.1. The molecule has 2 aromatic rings. The lowest BCUT2D eigenvalue weighted by atomic mass is 10.1. The molecule has 0 saturated carbocycles. The van der Waals surface area contributed by atoms with Crippen molar-refractivity contribution in [3.05, 3.63) is 64.2 Å². The monoisotopic (exact) mass is 333 g/mol. The second-order valence-electron chi connectivity index (χ2n) is 5.79. The molecule has 2 aromatic carbocycles. The van der Waals surface area contributed by atoms with E-state index in [9.17, 15) is 13.6 Å². The Balaban J connectivity index is 1.80. The fraction of sp³-hybridized carbons (Fsp3) is 0.316. The van der Waals surface area contributed by atoms with E-state index in [4.69, 9.17) is 4.74 Å². The molecule has 24 heavy (non-hydrogen) atoms. The van der Waals surface area contributed by atoms with Gasteiger partial charge in [-0.3, -0.25) is 4.79 Å². The quantitative estimate of drug-likeness (QED) is 0.809. The molecule has 0 fully saturated rings. The Bertz CT molecular complexity index is 744. The first-order valence-electron chi connectivity index (χ1n) is 7.82. The van der Waals surface area contributed by atoms with E-state index in [0.29, 0.717) is 25.6 Å². The van der Waals surface area contributed by atoms with Gasteiger partial charge in [-0.05, 0) is 62.1 Å². The molecule has 0 heterocycles. The maximum Gasteiger partial charge on any atom is 0.254 e. The summed E-state index contributed by atoms with van der Waals surface area (Å²) >= 11 is 0. The molecule has 0 atom stereocenters. The predicted molar refractivity (Wildman–Crippen MR) is 89.5 cm³/mol. The van der Waals surface area contributed by atoms with E-state index in [-0.39, 0.29) is 5.56 Å². The molecule has 0 aromatic heterocycles. The third-order valence-corrected chi connectivity index (χ3v) is 3.80. The number of nitrogens with one attached hydrogen (secondary N) is 1. The Morgan fingerprint density at radius 1 is 1.12 bits per heavy atom. The highest BCUT2D eigenvalue weighted by Crippen LogP contribution is 2.23. The average molecular weight is 333 g/mol. The van der Waals surface area contributed by atoms with Gasteiger partial charge in [0.2, 0.25) is 0 Å². The molecule has 0 bridgehead atoms. The minimum absolute atomic E-state index is 0.164. The van der Waals surface area contributed by atoms with Crippen LogP contribution in [0.1, 0.15) is 33.5 Å². The number of benzene rings is 2. The van der Waals surface area contributed by atoms with Crippen LogP contribution in [0.5, 0.6) is 5.75 Å². The van der Waals surface area contributed by atoms with Crippen molar-refractivity contribution in [2.75, 3.05) is 13.2 Å². The lowest BCUT2D eigenvalue weighted by Crippen LogP contribution is -2.26. The number of hydrogen-bond donors (Lipinski definition) is 1. The molecule has 0 aliphatic carbocycles. The highest BCUT2D eigenvalue weighted by atomic mass is 19.1. The van der Waals surface area contributed by atoms with Gasteiger partial charge in [-0.1, -0.05) is 6.07 Å². The van der Waals surface area contributed by atoms with Gasteiger partial charge in [-0.15, -0.1) is 0 Å². The summed E-state index contributed by atoms with van der Waals surface area (Å²) in [5, 5.41) is 2.60. The number of halogens is 2. The molecule has 5 heteroatoms. The van der Waals surface area contributed by atoms with Gasteiger partial charge < -0.3 is 10.1 Å². The van der Waals surface area contributed by atoms with Crippen molar-refractivity contribution in [1.29, 1.82) is 0 Å². The molecule has 3 nitrogen and oxygen atoms in total. The van der Waals surface area contributed by atoms with Crippen LogP contribution in [0.2, 0.25) is 0 Å². The lowest BCUT2D eigenvalue weighted by molar-refractivity contribution is 0.0947. The van der Waals surface area contributed by atoms with Crippen LogP contribution in [0.25, 0.3) is 0 Å². The van der Waals surface area contributed by atoms with Crippen molar-refractivity contribution in [1.82, 2.24) is 5.32 Å². The van der Waals surface area contributed by atoms with Crippen molar-refractivity contribution in [3.63, 3.8) is 0 Å². The molecule has 128 valence electrons. The zero-order valence-electron chi connectivity index (χ0n) is 14.1. The molecule has 0 aliphatic heterocycles. The summed E-state index contributed by atoms with van der Waals surface area (Å²) in [5.74, 6) is -1.30. The van der Waals surface area contributed by atoms with E-state index >= 15 is 0 Å². The Labute approximate surface area is 140 Å². The Morgan fingerprint density at radius 3 is 2.58 bits per heavy atom. The van der Waals surface area contributed by atoms with Crippen molar-refractivity contribution >= 4 is 5.91 Å². The Kier molecular flexibility index (Phi) is 5.90. The van der Waals surface area contributed by atoms with E-state index in [1.807, 2.05) is 26.8 Å². The van der Waals surface area contributed by atoms with Gasteiger partial charge in [0.15, 0.2) is 0 Å². The zero-order chi connectivity index (χ0) is 17.7. The van der Waals surface area contributed by atoms with E-state index < -0.39 is 17.5 Å². The van der Waals surface area contributed by atoms with Crippen molar-refractivity contribution < 1.29 is 18.3 Å². The minimum Gasteiger partial charge on any atom is -0.493 e. The number of carbonyl (C=O) groups excluding carboxylic acids is 1. The van der Waals surface area contributed by atoms with Crippen LogP contribution in [0, 0.1) is 32.4 Å². The van der Waals surface area contributed by atoms with Gasteiger partial charge in [-0.25, -0.2) is 8.78 Å². The van der Waals surface area contributed by atoms with Crippen molar-refractivity contribution in [2.45, 2.75) is 27.2 Å². The number of rotatable bonds is 6. The molecular formula is C19H21F2NO2. The van der Waals surface area contributed by atoms with Crippen LogP contribution < -0.4 is 10.1 Å². The van der Waals surface area contributed by atoms with Crippen LogP contribution >= 0.6 is 0 Å². The maximum absolute atomic E-state index is 13.5. The number of aryl methyl sites for hydroxylation is 2. The van der Waals surface area contributed by atoms with Crippen LogP contribution in [0.3, 0.4) is 0 Å². The fourth-order valence-electron chi connectivity index (χ4n) is 2.38. The van der Waals surface area contributed by atoms with Crippen molar-refractivity contribution in [2.24, 2.45) is 0 Å². The first-order valence-corrected chi connectivity index (χ1v) is 7.82. The van der Waals surface area contributed by atoms with E-state index in [0.717, 1.165) is 29.0 Å². The molecule has 2 rings (SSSR count). The van der Waals surface area contributed by atoms with Crippen LogP contribution in [-0.2, 0) is 0 Å². The van der Waals surface area contributed by atoms with Gasteiger partial charge in [0.25, 0.3) is 5.91 Å². The number of carbonyl (C=O) groups is 1. The molecule has 1 N–H and O–H groups in total. The largest absolute Gasteiger partial charge is 0.493 e. The molecule has 0 spiro atoms. The normalized spacial score (nSPS) is 10.5. The van der Waals surface area contributed by atoms with Gasteiger partial charge in [-0.2, -0.15) is 0 Å². The van der Waals surface area contributed by atoms with E-state index in [1.54, 1.807) is 0 Å².